The highest BCUT2D eigenvalue weighted by Gasteiger charge is 2.33. The van der Waals surface area contributed by atoms with Gasteiger partial charge in [0.15, 0.2) is 5.69 Å². The summed E-state index contributed by atoms with van der Waals surface area (Å²) < 4.78 is 1.63. The fraction of sp³-hybridized carbons (Fsp3) is 0.471. The zero-order chi connectivity index (χ0) is 16.7. The zero-order valence-corrected chi connectivity index (χ0v) is 14.4. The van der Waals surface area contributed by atoms with Gasteiger partial charge in [0.1, 0.15) is 0 Å². The molecule has 1 aromatic heterocycles. The van der Waals surface area contributed by atoms with E-state index in [1.807, 2.05) is 30.0 Å². The Morgan fingerprint density at radius 1 is 1.17 bits per heavy atom. The van der Waals surface area contributed by atoms with Crippen molar-refractivity contribution >= 4 is 17.5 Å². The van der Waals surface area contributed by atoms with Gasteiger partial charge in [0.05, 0.1) is 16.4 Å². The van der Waals surface area contributed by atoms with Crippen LogP contribution in [0.5, 0.6) is 0 Å². The molecule has 24 heavy (non-hydrogen) atoms. The monoisotopic (exact) mass is 345 g/mol. The normalized spacial score (nSPS) is 18.8. The molecule has 1 saturated heterocycles. The van der Waals surface area contributed by atoms with Crippen molar-refractivity contribution in [2.75, 3.05) is 26.2 Å². The molecule has 1 aliphatic heterocycles. The van der Waals surface area contributed by atoms with E-state index < -0.39 is 0 Å². The molecular formula is C17H20ClN5O. The van der Waals surface area contributed by atoms with E-state index in [2.05, 4.69) is 15.2 Å². The molecule has 4 rings (SSSR count). The van der Waals surface area contributed by atoms with Crippen LogP contribution in [0.15, 0.2) is 24.3 Å². The largest absolute Gasteiger partial charge is 0.335 e. The van der Waals surface area contributed by atoms with Gasteiger partial charge in [0, 0.05) is 32.2 Å². The molecule has 0 spiro atoms. The van der Waals surface area contributed by atoms with Gasteiger partial charge in [-0.25, -0.2) is 4.68 Å². The summed E-state index contributed by atoms with van der Waals surface area (Å²) in [6.07, 6.45) is 2.61. The quantitative estimate of drug-likeness (QED) is 0.855. The van der Waals surface area contributed by atoms with Crippen LogP contribution in [0.3, 0.4) is 0 Å². The van der Waals surface area contributed by atoms with Crippen molar-refractivity contribution in [3.63, 3.8) is 0 Å². The Morgan fingerprint density at radius 2 is 1.88 bits per heavy atom. The number of carbonyl (C=O) groups is 1. The molecule has 2 aromatic rings. The van der Waals surface area contributed by atoms with Crippen LogP contribution in [0.25, 0.3) is 5.69 Å². The van der Waals surface area contributed by atoms with Gasteiger partial charge in [0.25, 0.3) is 5.91 Å². The summed E-state index contributed by atoms with van der Waals surface area (Å²) in [5, 5.41) is 8.85. The van der Waals surface area contributed by atoms with Crippen LogP contribution in [0.1, 0.15) is 29.0 Å². The number of halogens is 1. The Kier molecular flexibility index (Phi) is 4.02. The van der Waals surface area contributed by atoms with Crippen LogP contribution >= 0.6 is 11.6 Å². The molecule has 1 aliphatic carbocycles. The number of nitrogens with zero attached hydrogens (tertiary/aromatic N) is 5. The van der Waals surface area contributed by atoms with Crippen LogP contribution in [-0.4, -0.2) is 62.9 Å². The molecule has 2 fully saturated rings. The van der Waals surface area contributed by atoms with Crippen LogP contribution in [0.4, 0.5) is 0 Å². The highest BCUT2D eigenvalue weighted by molar-refractivity contribution is 6.32. The molecule has 1 aromatic carbocycles. The second kappa shape index (κ2) is 6.18. The lowest BCUT2D eigenvalue weighted by Crippen LogP contribution is -2.49. The zero-order valence-electron chi connectivity index (χ0n) is 13.7. The lowest BCUT2D eigenvalue weighted by atomic mass is 10.2. The molecule has 0 atom stereocenters. The van der Waals surface area contributed by atoms with Crippen LogP contribution in [-0.2, 0) is 0 Å². The number of amides is 1. The Balaban J connectivity index is 1.52. The third-order valence-electron chi connectivity index (χ3n) is 4.84. The van der Waals surface area contributed by atoms with Gasteiger partial charge in [-0.2, -0.15) is 0 Å². The number of hydrogen-bond acceptors (Lipinski definition) is 4. The highest BCUT2D eigenvalue weighted by Crippen LogP contribution is 2.28. The third-order valence-corrected chi connectivity index (χ3v) is 5.16. The molecule has 0 N–H and O–H groups in total. The summed E-state index contributed by atoms with van der Waals surface area (Å²) >= 11 is 6.23. The number of carbonyl (C=O) groups excluding carboxylic acids is 1. The molecule has 126 valence electrons. The van der Waals surface area contributed by atoms with Gasteiger partial charge in [-0.3, -0.25) is 9.69 Å². The van der Waals surface area contributed by atoms with Crippen molar-refractivity contribution in [3.05, 3.63) is 40.7 Å². The van der Waals surface area contributed by atoms with Crippen molar-refractivity contribution in [2.45, 2.75) is 25.8 Å². The topological polar surface area (TPSA) is 54.3 Å². The van der Waals surface area contributed by atoms with Crippen LogP contribution in [0, 0.1) is 6.92 Å². The molecule has 0 unspecified atom stereocenters. The van der Waals surface area contributed by atoms with Crippen LogP contribution < -0.4 is 0 Å². The van der Waals surface area contributed by atoms with Gasteiger partial charge in [-0.1, -0.05) is 28.9 Å². The Labute approximate surface area is 146 Å². The van der Waals surface area contributed by atoms with Crippen molar-refractivity contribution in [2.24, 2.45) is 0 Å². The van der Waals surface area contributed by atoms with E-state index in [9.17, 15) is 4.79 Å². The molecular weight excluding hydrogens is 326 g/mol. The first-order valence-corrected chi connectivity index (χ1v) is 8.73. The van der Waals surface area contributed by atoms with Gasteiger partial charge in [0.2, 0.25) is 0 Å². The average molecular weight is 346 g/mol. The first-order valence-electron chi connectivity index (χ1n) is 8.35. The SMILES string of the molecule is Cc1c(C(=O)N2CCN(C3CC3)CC2)nnn1-c1ccccc1Cl. The maximum absolute atomic E-state index is 12.8. The lowest BCUT2D eigenvalue weighted by molar-refractivity contribution is 0.0620. The molecule has 6 nitrogen and oxygen atoms in total. The average Bonchev–Trinajstić information content (AvgIpc) is 3.38. The fourth-order valence-electron chi connectivity index (χ4n) is 3.26. The van der Waals surface area contributed by atoms with Crippen molar-refractivity contribution in [3.8, 4) is 5.69 Å². The van der Waals surface area contributed by atoms with Gasteiger partial charge < -0.3 is 4.90 Å². The second-order valence-electron chi connectivity index (χ2n) is 6.45. The standard InChI is InChI=1S/C17H20ClN5O/c1-12-16(19-20-23(12)15-5-3-2-4-14(15)18)17(24)22-10-8-21(9-11-22)13-6-7-13/h2-5,13H,6-11H2,1H3. The fourth-order valence-corrected chi connectivity index (χ4v) is 3.47. The minimum Gasteiger partial charge on any atom is -0.335 e. The Hall–Kier alpha value is -1.92. The maximum Gasteiger partial charge on any atom is 0.276 e. The van der Waals surface area contributed by atoms with Gasteiger partial charge in [-0.05, 0) is 31.9 Å². The minimum atomic E-state index is -0.0405. The second-order valence-corrected chi connectivity index (χ2v) is 6.85. The molecule has 0 radical (unpaired) electrons. The number of para-hydroxylation sites is 1. The first kappa shape index (κ1) is 15.6. The van der Waals surface area contributed by atoms with E-state index in [0.29, 0.717) is 10.7 Å². The van der Waals surface area contributed by atoms with Crippen LogP contribution in [0.2, 0.25) is 5.02 Å². The number of benzene rings is 1. The molecule has 0 bridgehead atoms. The smallest absolute Gasteiger partial charge is 0.276 e. The summed E-state index contributed by atoms with van der Waals surface area (Å²) in [5.41, 5.74) is 1.87. The highest BCUT2D eigenvalue weighted by atomic mass is 35.5. The molecule has 1 amide bonds. The first-order chi connectivity index (χ1) is 11.6. The molecule has 2 aliphatic rings. The summed E-state index contributed by atoms with van der Waals surface area (Å²) in [7, 11) is 0. The summed E-state index contributed by atoms with van der Waals surface area (Å²) in [6, 6.07) is 8.18. The van der Waals surface area contributed by atoms with E-state index in [-0.39, 0.29) is 5.91 Å². The third kappa shape index (κ3) is 2.80. The van der Waals surface area contributed by atoms with E-state index in [4.69, 9.17) is 11.6 Å². The number of hydrogen-bond donors (Lipinski definition) is 0. The number of rotatable bonds is 3. The summed E-state index contributed by atoms with van der Waals surface area (Å²) in [6.45, 7) is 5.28. The van der Waals surface area contributed by atoms with E-state index in [0.717, 1.165) is 43.6 Å². The molecule has 1 saturated carbocycles. The van der Waals surface area contributed by atoms with E-state index in [1.54, 1.807) is 10.7 Å². The van der Waals surface area contributed by atoms with Crippen molar-refractivity contribution in [1.29, 1.82) is 0 Å². The predicted octanol–water partition coefficient (Wildman–Crippen LogP) is 2.15. The Morgan fingerprint density at radius 3 is 2.54 bits per heavy atom. The number of piperazine rings is 1. The minimum absolute atomic E-state index is 0.0405. The summed E-state index contributed by atoms with van der Waals surface area (Å²) in [5.74, 6) is -0.0405. The van der Waals surface area contributed by atoms with Gasteiger partial charge >= 0.3 is 0 Å². The number of aromatic nitrogens is 3. The summed E-state index contributed by atoms with van der Waals surface area (Å²) in [4.78, 5) is 17.2. The molecule has 7 heteroatoms. The lowest BCUT2D eigenvalue weighted by Gasteiger charge is -2.34. The molecule has 2 heterocycles. The van der Waals surface area contributed by atoms with Crippen molar-refractivity contribution in [1.82, 2.24) is 24.8 Å². The van der Waals surface area contributed by atoms with Crippen molar-refractivity contribution < 1.29 is 4.79 Å². The Bertz CT molecular complexity index is 762. The van der Waals surface area contributed by atoms with E-state index in [1.165, 1.54) is 12.8 Å². The predicted molar refractivity (Wildman–Crippen MR) is 91.6 cm³/mol. The maximum atomic E-state index is 12.8. The van der Waals surface area contributed by atoms with Gasteiger partial charge in [-0.15, -0.1) is 5.10 Å². The van der Waals surface area contributed by atoms with E-state index >= 15 is 0 Å².